The molecule has 1 aromatic carbocycles. The smallest absolute Gasteiger partial charge is 0.424 e. The molecule has 1 saturated carbocycles. The van der Waals surface area contributed by atoms with Crippen LogP contribution in [0.5, 0.6) is 5.75 Å². The summed E-state index contributed by atoms with van der Waals surface area (Å²) in [4.78, 5) is 16.8. The summed E-state index contributed by atoms with van der Waals surface area (Å²) in [6, 6.07) is 1.56. The molecule has 2 rings (SSSR count). The lowest BCUT2D eigenvalue weighted by Gasteiger charge is -2.30. The van der Waals surface area contributed by atoms with Gasteiger partial charge in [0.15, 0.2) is 11.6 Å². The van der Waals surface area contributed by atoms with Crippen molar-refractivity contribution in [3.05, 3.63) is 29.3 Å². The third kappa shape index (κ3) is 5.32. The quantitative estimate of drug-likeness (QED) is 0.248. The van der Waals surface area contributed by atoms with E-state index >= 15 is 0 Å². The minimum atomic E-state index is -6.63. The molecule has 0 heterocycles. The summed E-state index contributed by atoms with van der Waals surface area (Å²) in [7, 11) is -6.63. The van der Waals surface area contributed by atoms with E-state index in [9.17, 15) is 30.9 Å². The molecule has 0 aliphatic heterocycles. The number of hydrogen-bond donors (Lipinski definition) is 2. The zero-order chi connectivity index (χ0) is 22.7. The molecule has 4 nitrogen and oxygen atoms in total. The number of halogens is 6. The second-order valence-corrected chi connectivity index (χ2v) is 9.35. The maximum atomic E-state index is 14.5. The van der Waals surface area contributed by atoms with Gasteiger partial charge in [0.05, 0.1) is 0 Å². The Bertz CT molecular complexity index is 775. The van der Waals surface area contributed by atoms with Crippen LogP contribution in [-0.4, -0.2) is 21.6 Å². The van der Waals surface area contributed by atoms with E-state index in [0.717, 1.165) is 44.6 Å². The molecular weight excluding hydrogens is 437 g/mol. The highest BCUT2D eigenvalue weighted by atomic mass is 31.2. The van der Waals surface area contributed by atoms with Crippen LogP contribution >= 0.6 is 7.60 Å². The van der Waals surface area contributed by atoms with Gasteiger partial charge in [-0.1, -0.05) is 38.7 Å². The van der Waals surface area contributed by atoms with Gasteiger partial charge in [-0.3, -0.25) is 4.57 Å². The van der Waals surface area contributed by atoms with E-state index in [1.54, 1.807) is 0 Å². The Morgan fingerprint density at radius 3 is 2.17 bits per heavy atom. The van der Waals surface area contributed by atoms with Gasteiger partial charge in [-0.05, 0) is 49.1 Å². The van der Waals surface area contributed by atoms with Gasteiger partial charge < -0.3 is 14.5 Å². The van der Waals surface area contributed by atoms with Crippen LogP contribution in [0.1, 0.15) is 69.8 Å². The van der Waals surface area contributed by atoms with Gasteiger partial charge in [0.25, 0.3) is 0 Å². The molecular formula is C19H25F6O4P. The number of alkyl halides is 4. The van der Waals surface area contributed by atoms with Crippen LogP contribution in [0.25, 0.3) is 0 Å². The first-order valence-corrected chi connectivity index (χ1v) is 11.4. The van der Waals surface area contributed by atoms with Gasteiger partial charge in [0.1, 0.15) is 0 Å². The molecule has 0 aromatic heterocycles. The summed E-state index contributed by atoms with van der Waals surface area (Å²) in [5.41, 5.74) is -5.98. The minimum absolute atomic E-state index is 0.0584. The number of rotatable bonds is 9. The highest BCUT2D eigenvalue weighted by Crippen LogP contribution is 2.60. The number of unbranched alkanes of at least 4 members (excludes halogenated alkanes) is 2. The lowest BCUT2D eigenvalue weighted by atomic mass is 9.77. The van der Waals surface area contributed by atoms with Crippen LogP contribution in [0, 0.1) is 17.6 Å². The molecule has 1 aliphatic rings. The van der Waals surface area contributed by atoms with Crippen molar-refractivity contribution in [2.75, 3.05) is 0 Å². The molecule has 1 fully saturated rings. The van der Waals surface area contributed by atoms with Crippen LogP contribution in [0.2, 0.25) is 0 Å². The molecule has 0 atom stereocenters. The first-order chi connectivity index (χ1) is 13.8. The summed E-state index contributed by atoms with van der Waals surface area (Å²) < 4.78 is 96.6. The summed E-state index contributed by atoms with van der Waals surface area (Å²) in [6.07, 6.45) is 1.46. The van der Waals surface area contributed by atoms with Crippen LogP contribution in [0.3, 0.4) is 0 Å². The normalized spacial score (nSPS) is 21.0. The highest BCUT2D eigenvalue weighted by molar-refractivity contribution is 7.53. The number of ether oxygens (including phenoxy) is 1. The van der Waals surface area contributed by atoms with Crippen molar-refractivity contribution in [3.8, 4) is 5.75 Å². The van der Waals surface area contributed by atoms with Crippen molar-refractivity contribution in [1.29, 1.82) is 0 Å². The SMILES string of the molecule is CCCCCC1CCC(c2ccc(OC(F)(F)C(F)(F)P(=O)(O)O)c(F)c2F)CC1. The van der Waals surface area contributed by atoms with Crippen LogP contribution in [-0.2, 0) is 4.57 Å². The molecule has 0 amide bonds. The van der Waals surface area contributed by atoms with Gasteiger partial charge >= 0.3 is 19.4 Å². The molecule has 0 radical (unpaired) electrons. The van der Waals surface area contributed by atoms with Crippen molar-refractivity contribution in [1.82, 2.24) is 0 Å². The third-order valence-corrected chi connectivity index (χ3v) is 6.53. The van der Waals surface area contributed by atoms with Crippen LogP contribution < -0.4 is 4.74 Å². The largest absolute Gasteiger partial charge is 0.477 e. The Morgan fingerprint density at radius 2 is 1.63 bits per heavy atom. The van der Waals surface area contributed by atoms with Crippen molar-refractivity contribution in [2.24, 2.45) is 5.92 Å². The predicted molar refractivity (Wildman–Crippen MR) is 97.8 cm³/mol. The fourth-order valence-electron chi connectivity index (χ4n) is 3.75. The van der Waals surface area contributed by atoms with Crippen molar-refractivity contribution in [2.45, 2.75) is 76.0 Å². The molecule has 1 aliphatic carbocycles. The molecule has 11 heteroatoms. The zero-order valence-corrected chi connectivity index (χ0v) is 17.3. The predicted octanol–water partition coefficient (Wildman–Crippen LogP) is 6.56. The Balaban J connectivity index is 2.12. The van der Waals surface area contributed by atoms with Crippen LogP contribution in [0.15, 0.2) is 12.1 Å². The molecule has 1 aromatic rings. The number of hydrogen-bond acceptors (Lipinski definition) is 2. The van der Waals surface area contributed by atoms with Crippen molar-refractivity contribution < 1.29 is 45.4 Å². The second-order valence-electron chi connectivity index (χ2n) is 7.70. The second kappa shape index (κ2) is 9.49. The number of benzene rings is 1. The lowest BCUT2D eigenvalue weighted by molar-refractivity contribution is -0.279. The fourth-order valence-corrected chi connectivity index (χ4v) is 4.14. The van der Waals surface area contributed by atoms with Gasteiger partial charge in [-0.15, -0.1) is 0 Å². The average Bonchev–Trinajstić information content (AvgIpc) is 2.65. The van der Waals surface area contributed by atoms with E-state index < -0.39 is 36.8 Å². The summed E-state index contributed by atoms with van der Waals surface area (Å²) in [6.45, 7) is 2.10. The maximum absolute atomic E-state index is 14.5. The topological polar surface area (TPSA) is 66.8 Å². The summed E-state index contributed by atoms with van der Waals surface area (Å²) in [5, 5.41) is 0. The molecule has 172 valence electrons. The van der Waals surface area contributed by atoms with Gasteiger partial charge in [-0.25, -0.2) is 4.39 Å². The Morgan fingerprint density at radius 1 is 1.03 bits per heavy atom. The lowest BCUT2D eigenvalue weighted by Crippen LogP contribution is -2.45. The van der Waals surface area contributed by atoms with Gasteiger partial charge in [0, 0.05) is 0 Å². The van der Waals surface area contributed by atoms with Crippen molar-refractivity contribution >= 4 is 7.60 Å². The maximum Gasteiger partial charge on any atom is 0.477 e. The molecule has 0 saturated heterocycles. The first-order valence-electron chi connectivity index (χ1n) is 9.80. The fraction of sp³-hybridized carbons (Fsp3) is 0.684. The Kier molecular flexibility index (Phi) is 7.91. The Hall–Kier alpha value is -1.25. The van der Waals surface area contributed by atoms with Gasteiger partial charge in [0.2, 0.25) is 5.82 Å². The van der Waals surface area contributed by atoms with E-state index in [-0.39, 0.29) is 11.5 Å². The third-order valence-electron chi connectivity index (χ3n) is 5.53. The first kappa shape index (κ1) is 25.0. The molecule has 0 spiro atoms. The van der Waals surface area contributed by atoms with E-state index in [4.69, 9.17) is 9.79 Å². The van der Waals surface area contributed by atoms with Gasteiger partial charge in [-0.2, -0.15) is 22.0 Å². The zero-order valence-electron chi connectivity index (χ0n) is 16.4. The van der Waals surface area contributed by atoms with E-state index in [1.165, 1.54) is 0 Å². The van der Waals surface area contributed by atoms with E-state index in [1.807, 2.05) is 0 Å². The monoisotopic (exact) mass is 462 g/mol. The van der Waals surface area contributed by atoms with E-state index in [2.05, 4.69) is 11.7 Å². The molecule has 30 heavy (non-hydrogen) atoms. The molecule has 0 bridgehead atoms. The molecule has 2 N–H and O–H groups in total. The highest BCUT2D eigenvalue weighted by Gasteiger charge is 2.71. The Labute approximate surface area is 170 Å². The average molecular weight is 462 g/mol. The minimum Gasteiger partial charge on any atom is -0.424 e. The summed E-state index contributed by atoms with van der Waals surface area (Å²) >= 11 is 0. The summed E-state index contributed by atoms with van der Waals surface area (Å²) in [5.74, 6) is -4.79. The van der Waals surface area contributed by atoms with Crippen molar-refractivity contribution in [3.63, 3.8) is 0 Å². The van der Waals surface area contributed by atoms with Crippen LogP contribution in [0.4, 0.5) is 26.3 Å². The molecule has 0 unspecified atom stereocenters. The van der Waals surface area contributed by atoms with E-state index in [0.29, 0.717) is 24.8 Å². The standard InChI is InChI=1S/C19H25F6O4P/c1-2-3-4-5-12-6-8-13(9-7-12)14-10-11-15(17(21)16(14)20)29-18(22,23)19(24,25)30(26,27)28/h10-13H,2-9H2,1H3,(H2,26,27,28).